The Morgan fingerprint density at radius 3 is 2.48 bits per heavy atom. The monoisotopic (exact) mass is 422 g/mol. The predicted molar refractivity (Wildman–Crippen MR) is 120 cm³/mol. The number of nitrogens with zero attached hydrogens (tertiary/aromatic N) is 1. The van der Waals surface area contributed by atoms with Crippen LogP contribution in [0.5, 0.6) is 11.5 Å². The summed E-state index contributed by atoms with van der Waals surface area (Å²) in [6, 6.07) is 11.5. The third-order valence-corrected chi connectivity index (χ3v) is 4.53. The first-order valence-corrected chi connectivity index (χ1v) is 10.0. The van der Waals surface area contributed by atoms with Gasteiger partial charge in [0.2, 0.25) is 0 Å². The van der Waals surface area contributed by atoms with Crippen LogP contribution in [0.3, 0.4) is 0 Å². The van der Waals surface area contributed by atoms with E-state index >= 15 is 0 Å². The molecular formula is C24H26N2O5. The molecule has 0 radical (unpaired) electrons. The lowest BCUT2D eigenvalue weighted by molar-refractivity contribution is 0.0697. The molecule has 2 aromatic carbocycles. The Kier molecular flexibility index (Phi) is 6.65. The van der Waals surface area contributed by atoms with Gasteiger partial charge in [0.15, 0.2) is 11.5 Å². The van der Waals surface area contributed by atoms with Crippen molar-refractivity contribution in [2.45, 2.75) is 20.8 Å². The zero-order valence-corrected chi connectivity index (χ0v) is 17.8. The molecule has 7 heteroatoms. The average molecular weight is 422 g/mol. The molecule has 0 fully saturated rings. The van der Waals surface area contributed by atoms with Crippen LogP contribution >= 0.6 is 0 Å². The molecule has 0 atom stereocenters. The molecule has 0 aliphatic carbocycles. The number of aromatic carboxylic acids is 1. The lowest BCUT2D eigenvalue weighted by atomic mass is 10.1. The van der Waals surface area contributed by atoms with E-state index in [0.29, 0.717) is 46.9 Å². The molecule has 162 valence electrons. The first-order valence-electron chi connectivity index (χ1n) is 10.0. The zero-order valence-electron chi connectivity index (χ0n) is 17.8. The zero-order chi connectivity index (χ0) is 22.5. The largest absolute Gasteiger partial charge is 0.490 e. The summed E-state index contributed by atoms with van der Waals surface area (Å²) in [6.07, 6.45) is 1.73. The Balaban J connectivity index is 2.00. The number of hydrogen-bond donors (Lipinski definition) is 2. The van der Waals surface area contributed by atoms with E-state index in [1.165, 1.54) is 16.8 Å². The van der Waals surface area contributed by atoms with Gasteiger partial charge in [-0.05, 0) is 60.9 Å². The van der Waals surface area contributed by atoms with E-state index in [1.54, 1.807) is 18.2 Å². The summed E-state index contributed by atoms with van der Waals surface area (Å²) in [5.41, 5.74) is 1.15. The summed E-state index contributed by atoms with van der Waals surface area (Å²) in [5, 5.41) is 12.8. The summed E-state index contributed by atoms with van der Waals surface area (Å²) in [7, 11) is 0. The molecule has 7 nitrogen and oxygen atoms in total. The Labute approximate surface area is 179 Å². The third-order valence-electron chi connectivity index (χ3n) is 4.53. The minimum absolute atomic E-state index is 0.146. The number of aromatic amines is 1. The van der Waals surface area contributed by atoms with Gasteiger partial charge in [-0.2, -0.15) is 0 Å². The third kappa shape index (κ3) is 5.06. The highest BCUT2D eigenvalue weighted by Gasteiger charge is 2.09. The molecule has 0 aliphatic heterocycles. The molecular weight excluding hydrogens is 396 g/mol. The fourth-order valence-electron chi connectivity index (χ4n) is 3.00. The second-order valence-corrected chi connectivity index (χ2v) is 7.48. The minimum atomic E-state index is -1.02. The van der Waals surface area contributed by atoms with E-state index in [2.05, 4.69) is 25.5 Å². The van der Waals surface area contributed by atoms with Gasteiger partial charge in [0, 0.05) is 0 Å². The van der Waals surface area contributed by atoms with E-state index in [9.17, 15) is 9.59 Å². The Hall–Kier alpha value is -3.74. The SMILES string of the molecule is C=c1[nH]n(-c2ccc(C(=O)O)cc2)c(=O)/c1=C\c1ccc(OCC(C)C)c(OCC)c1. The molecule has 0 aliphatic rings. The Morgan fingerprint density at radius 2 is 1.87 bits per heavy atom. The van der Waals surface area contributed by atoms with E-state index < -0.39 is 5.97 Å². The van der Waals surface area contributed by atoms with E-state index in [1.807, 2.05) is 25.1 Å². The van der Waals surface area contributed by atoms with Crippen molar-refractivity contribution in [1.82, 2.24) is 9.78 Å². The highest BCUT2D eigenvalue weighted by molar-refractivity contribution is 5.87. The second-order valence-electron chi connectivity index (χ2n) is 7.48. The van der Waals surface area contributed by atoms with Crippen LogP contribution in [0.25, 0.3) is 18.3 Å². The quantitative estimate of drug-likeness (QED) is 0.582. The van der Waals surface area contributed by atoms with Gasteiger partial charge in [0.1, 0.15) is 0 Å². The number of aromatic nitrogens is 2. The molecule has 3 aromatic rings. The molecule has 0 spiro atoms. The highest BCUT2D eigenvalue weighted by Crippen LogP contribution is 2.29. The van der Waals surface area contributed by atoms with Crippen molar-refractivity contribution in [2.75, 3.05) is 13.2 Å². The number of nitrogens with one attached hydrogen (secondary N) is 1. The maximum Gasteiger partial charge on any atom is 0.335 e. The van der Waals surface area contributed by atoms with E-state index in [-0.39, 0.29) is 11.1 Å². The standard InChI is InChI=1S/C24H26N2O5/c1-5-30-22-13-17(6-11-21(22)31-14-15(2)3)12-20-16(4)25-26(23(20)27)19-9-7-18(8-10-19)24(28)29/h6-13,15,25H,4-5,14H2,1-3H3,(H,28,29)/b20-12-. The van der Waals surface area contributed by atoms with Crippen LogP contribution in [0.15, 0.2) is 47.3 Å². The lowest BCUT2D eigenvalue weighted by Gasteiger charge is -2.13. The second kappa shape index (κ2) is 9.38. The predicted octanol–water partition coefficient (Wildman–Crippen LogP) is 2.54. The summed E-state index contributed by atoms with van der Waals surface area (Å²) in [4.78, 5) is 24.0. The fraction of sp³-hybridized carbons (Fsp3) is 0.250. The van der Waals surface area contributed by atoms with Crippen molar-refractivity contribution >= 4 is 18.6 Å². The molecule has 0 unspecified atom stereocenters. The van der Waals surface area contributed by atoms with E-state index in [0.717, 1.165) is 5.56 Å². The molecule has 3 rings (SSSR count). The number of hydrogen-bond acceptors (Lipinski definition) is 4. The molecule has 0 amide bonds. The number of carboxylic acid groups (broad SMARTS) is 1. The number of carbonyl (C=O) groups is 1. The molecule has 2 N–H and O–H groups in total. The van der Waals surface area contributed by atoms with Gasteiger partial charge in [0.05, 0.1) is 35.0 Å². The smallest absolute Gasteiger partial charge is 0.335 e. The lowest BCUT2D eigenvalue weighted by Crippen LogP contribution is -2.33. The maximum absolute atomic E-state index is 13.0. The van der Waals surface area contributed by atoms with Crippen molar-refractivity contribution in [1.29, 1.82) is 0 Å². The van der Waals surface area contributed by atoms with Crippen LogP contribution in [0.4, 0.5) is 0 Å². The average Bonchev–Trinajstić information content (AvgIpc) is 3.01. The first-order chi connectivity index (χ1) is 14.8. The van der Waals surface area contributed by atoms with E-state index in [4.69, 9.17) is 14.6 Å². The molecule has 0 saturated heterocycles. The Morgan fingerprint density at radius 1 is 1.16 bits per heavy atom. The van der Waals surface area contributed by atoms with Gasteiger partial charge in [-0.15, -0.1) is 0 Å². The van der Waals surface area contributed by atoms with Crippen LogP contribution in [0.1, 0.15) is 36.7 Å². The van der Waals surface area contributed by atoms with Crippen LogP contribution in [-0.2, 0) is 0 Å². The van der Waals surface area contributed by atoms with Crippen molar-refractivity contribution < 1.29 is 19.4 Å². The van der Waals surface area contributed by atoms with Gasteiger partial charge in [-0.1, -0.05) is 26.5 Å². The number of ether oxygens (including phenoxy) is 2. The van der Waals surface area contributed by atoms with Gasteiger partial charge >= 0.3 is 5.97 Å². The molecule has 0 bridgehead atoms. The van der Waals surface area contributed by atoms with Crippen LogP contribution in [0, 0.1) is 5.92 Å². The molecule has 0 saturated carbocycles. The van der Waals surface area contributed by atoms with Crippen molar-refractivity contribution in [3.05, 3.63) is 74.5 Å². The Bertz CT molecular complexity index is 1240. The van der Waals surface area contributed by atoms with Gasteiger partial charge in [0.25, 0.3) is 5.56 Å². The maximum atomic E-state index is 13.0. The van der Waals surface area contributed by atoms with Gasteiger partial charge in [-0.25, -0.2) is 9.48 Å². The molecule has 1 aromatic heterocycles. The van der Waals surface area contributed by atoms with Crippen LogP contribution in [0.2, 0.25) is 0 Å². The minimum Gasteiger partial charge on any atom is -0.490 e. The summed E-state index contributed by atoms with van der Waals surface area (Å²) < 4.78 is 12.9. The van der Waals surface area contributed by atoms with Gasteiger partial charge in [-0.3, -0.25) is 9.89 Å². The fourth-order valence-corrected chi connectivity index (χ4v) is 3.00. The van der Waals surface area contributed by atoms with Crippen molar-refractivity contribution in [3.63, 3.8) is 0 Å². The number of carboxylic acids is 1. The van der Waals surface area contributed by atoms with Crippen LogP contribution in [-0.4, -0.2) is 34.1 Å². The van der Waals surface area contributed by atoms with Crippen molar-refractivity contribution in [3.8, 4) is 17.2 Å². The summed E-state index contributed by atoms with van der Waals surface area (Å²) in [5.74, 6) is 0.635. The number of rotatable bonds is 8. The molecule has 31 heavy (non-hydrogen) atoms. The normalized spacial score (nSPS) is 11.7. The van der Waals surface area contributed by atoms with Crippen molar-refractivity contribution in [2.24, 2.45) is 5.92 Å². The number of benzene rings is 2. The topological polar surface area (TPSA) is 93.6 Å². The van der Waals surface area contributed by atoms with Gasteiger partial charge < -0.3 is 14.6 Å². The van der Waals surface area contributed by atoms with Crippen LogP contribution < -0.4 is 25.6 Å². The highest BCUT2D eigenvalue weighted by atomic mass is 16.5. The first kappa shape index (κ1) is 22.0. The summed E-state index contributed by atoms with van der Waals surface area (Å²) >= 11 is 0. The number of H-pyrrole nitrogens is 1. The molecule has 1 heterocycles. The summed E-state index contributed by atoms with van der Waals surface area (Å²) in [6.45, 7) is 11.1.